The van der Waals surface area contributed by atoms with Crippen molar-refractivity contribution in [2.75, 3.05) is 31.5 Å². The molecule has 0 spiro atoms. The van der Waals surface area contributed by atoms with Gasteiger partial charge in [-0.25, -0.2) is 4.68 Å². The van der Waals surface area contributed by atoms with Gasteiger partial charge >= 0.3 is 0 Å². The van der Waals surface area contributed by atoms with Gasteiger partial charge in [-0.05, 0) is 36.8 Å². The van der Waals surface area contributed by atoms with Crippen molar-refractivity contribution in [2.24, 2.45) is 0 Å². The highest BCUT2D eigenvalue weighted by atomic mass is 16.5. The number of ether oxygens (including phenoxy) is 3. The summed E-state index contributed by atoms with van der Waals surface area (Å²) in [6, 6.07) is 13.9. The molecule has 1 aromatic heterocycles. The number of nitrogens with zero attached hydrogens (tertiary/aromatic N) is 2. The summed E-state index contributed by atoms with van der Waals surface area (Å²) in [5.74, 6) is 1.18. The van der Waals surface area contributed by atoms with Gasteiger partial charge in [0, 0.05) is 7.11 Å². The first kappa shape index (κ1) is 22.3. The van der Waals surface area contributed by atoms with E-state index in [0.717, 1.165) is 11.1 Å². The highest BCUT2D eigenvalue weighted by molar-refractivity contribution is 6.04. The van der Waals surface area contributed by atoms with Gasteiger partial charge in [0.25, 0.3) is 5.91 Å². The van der Waals surface area contributed by atoms with Gasteiger partial charge in [-0.15, -0.1) is 0 Å². The van der Waals surface area contributed by atoms with E-state index in [4.69, 9.17) is 14.2 Å². The van der Waals surface area contributed by atoms with E-state index in [1.165, 1.54) is 0 Å². The number of hydrogen-bond acceptors (Lipinski definition) is 6. The smallest absolute Gasteiger partial charge is 0.251 e. The molecule has 9 heteroatoms. The molecule has 1 unspecified atom stereocenters. The maximum atomic E-state index is 12.8. The van der Waals surface area contributed by atoms with Crippen molar-refractivity contribution < 1.29 is 23.8 Å². The fourth-order valence-electron chi connectivity index (χ4n) is 3.86. The predicted octanol–water partition coefficient (Wildman–Crippen LogP) is 3.63. The number of hydrogen-bond donors (Lipinski definition) is 2. The molecule has 3 aromatic rings. The molecule has 2 amide bonds. The normalized spacial score (nSPS) is 14.5. The standard InChI is InChI=1S/C24H26N4O5/c1-4-33-20-11-6-5-10-17(20)25-21(29)13-19-24(30)26-23-22(18(14-31-2)27-28(19)23)15-8-7-9-16(12-15)32-3/h5-12,19H,4,13-14H2,1-3H3,(H,25,29)(H,26,30). The van der Waals surface area contributed by atoms with Crippen molar-refractivity contribution in [1.82, 2.24) is 9.78 Å². The van der Waals surface area contributed by atoms with Crippen LogP contribution in [0, 0.1) is 0 Å². The van der Waals surface area contributed by atoms with Crippen LogP contribution in [0.3, 0.4) is 0 Å². The van der Waals surface area contributed by atoms with Crippen molar-refractivity contribution >= 4 is 23.3 Å². The topological polar surface area (TPSA) is 104 Å². The van der Waals surface area contributed by atoms with E-state index in [1.807, 2.05) is 43.3 Å². The number of fused-ring (bicyclic) bond motifs is 1. The number of anilines is 2. The zero-order valence-electron chi connectivity index (χ0n) is 18.8. The van der Waals surface area contributed by atoms with Gasteiger partial charge in [0.2, 0.25) is 5.91 Å². The second-order valence-electron chi connectivity index (χ2n) is 7.47. The lowest BCUT2D eigenvalue weighted by molar-refractivity contribution is -0.123. The number of carbonyl (C=O) groups excluding carboxylic acids is 2. The SMILES string of the molecule is CCOc1ccccc1NC(=O)CC1C(=O)Nc2c(-c3cccc(OC)c3)c(COC)nn21. The van der Waals surface area contributed by atoms with Gasteiger partial charge in [0.15, 0.2) is 0 Å². The van der Waals surface area contributed by atoms with E-state index in [0.29, 0.717) is 35.3 Å². The summed E-state index contributed by atoms with van der Waals surface area (Å²) in [4.78, 5) is 25.6. The van der Waals surface area contributed by atoms with Gasteiger partial charge in [0.05, 0.1) is 43.7 Å². The van der Waals surface area contributed by atoms with Crippen LogP contribution in [-0.2, 0) is 20.9 Å². The molecule has 0 saturated heterocycles. The van der Waals surface area contributed by atoms with E-state index in [-0.39, 0.29) is 24.8 Å². The predicted molar refractivity (Wildman–Crippen MR) is 123 cm³/mol. The van der Waals surface area contributed by atoms with Gasteiger partial charge in [-0.1, -0.05) is 24.3 Å². The molecular weight excluding hydrogens is 424 g/mol. The number of para-hydroxylation sites is 2. The zero-order chi connectivity index (χ0) is 23.4. The Kier molecular flexibility index (Phi) is 6.60. The van der Waals surface area contributed by atoms with Crippen LogP contribution in [0.25, 0.3) is 11.1 Å². The van der Waals surface area contributed by atoms with Crippen molar-refractivity contribution in [3.05, 3.63) is 54.2 Å². The average Bonchev–Trinajstić information content (AvgIpc) is 3.30. The zero-order valence-corrected chi connectivity index (χ0v) is 18.8. The monoisotopic (exact) mass is 450 g/mol. The maximum absolute atomic E-state index is 12.8. The molecule has 0 radical (unpaired) electrons. The van der Waals surface area contributed by atoms with Crippen LogP contribution >= 0.6 is 0 Å². The number of amides is 2. The maximum Gasteiger partial charge on any atom is 0.251 e. The van der Waals surface area contributed by atoms with Crippen molar-refractivity contribution in [3.63, 3.8) is 0 Å². The summed E-state index contributed by atoms with van der Waals surface area (Å²) in [7, 11) is 3.18. The lowest BCUT2D eigenvalue weighted by Gasteiger charge is -2.13. The minimum absolute atomic E-state index is 0.0784. The van der Waals surface area contributed by atoms with Crippen molar-refractivity contribution in [2.45, 2.75) is 26.0 Å². The Morgan fingerprint density at radius 3 is 2.76 bits per heavy atom. The Balaban J connectivity index is 1.62. The van der Waals surface area contributed by atoms with E-state index in [1.54, 1.807) is 31.0 Å². The van der Waals surface area contributed by atoms with E-state index in [9.17, 15) is 9.59 Å². The van der Waals surface area contributed by atoms with Crippen molar-refractivity contribution in [3.8, 4) is 22.6 Å². The van der Waals surface area contributed by atoms with E-state index in [2.05, 4.69) is 15.7 Å². The minimum Gasteiger partial charge on any atom is -0.497 e. The second kappa shape index (κ2) is 9.74. The first-order valence-electron chi connectivity index (χ1n) is 10.6. The summed E-state index contributed by atoms with van der Waals surface area (Å²) >= 11 is 0. The lowest BCUT2D eigenvalue weighted by Crippen LogP contribution is -2.24. The molecule has 2 N–H and O–H groups in total. The molecule has 2 heterocycles. The molecule has 0 saturated carbocycles. The molecular formula is C24H26N4O5. The highest BCUT2D eigenvalue weighted by Crippen LogP contribution is 2.40. The number of aromatic nitrogens is 2. The number of carbonyl (C=O) groups is 2. The van der Waals surface area contributed by atoms with E-state index < -0.39 is 6.04 Å². The number of benzene rings is 2. The minimum atomic E-state index is -0.783. The fourth-order valence-corrected chi connectivity index (χ4v) is 3.86. The largest absolute Gasteiger partial charge is 0.497 e. The number of methoxy groups -OCH3 is 2. The van der Waals surface area contributed by atoms with Crippen LogP contribution in [0.4, 0.5) is 11.5 Å². The Morgan fingerprint density at radius 2 is 2.00 bits per heavy atom. The van der Waals surface area contributed by atoms with Gasteiger partial charge in [-0.2, -0.15) is 5.10 Å². The number of rotatable bonds is 9. The van der Waals surface area contributed by atoms with Crippen LogP contribution in [-0.4, -0.2) is 42.4 Å². The van der Waals surface area contributed by atoms with Crippen LogP contribution < -0.4 is 20.1 Å². The molecule has 1 atom stereocenters. The highest BCUT2D eigenvalue weighted by Gasteiger charge is 2.37. The Bertz CT molecular complexity index is 1170. The van der Waals surface area contributed by atoms with Gasteiger partial charge in [0.1, 0.15) is 23.4 Å². The Hall–Kier alpha value is -3.85. The van der Waals surface area contributed by atoms with Crippen molar-refractivity contribution in [1.29, 1.82) is 0 Å². The average molecular weight is 450 g/mol. The van der Waals surface area contributed by atoms with Crippen LogP contribution in [0.1, 0.15) is 25.1 Å². The van der Waals surface area contributed by atoms with E-state index >= 15 is 0 Å². The summed E-state index contributed by atoms with van der Waals surface area (Å²) in [5, 5.41) is 10.3. The molecule has 1 aliphatic rings. The molecule has 0 aliphatic carbocycles. The molecule has 4 rings (SSSR count). The third-order valence-electron chi connectivity index (χ3n) is 5.30. The number of nitrogens with one attached hydrogen (secondary N) is 2. The summed E-state index contributed by atoms with van der Waals surface area (Å²) in [5.41, 5.74) is 2.79. The lowest BCUT2D eigenvalue weighted by atomic mass is 10.1. The molecule has 1 aliphatic heterocycles. The van der Waals surface area contributed by atoms with Gasteiger partial charge < -0.3 is 24.8 Å². The molecule has 9 nitrogen and oxygen atoms in total. The molecule has 0 fully saturated rings. The van der Waals surface area contributed by atoms with Gasteiger partial charge in [-0.3, -0.25) is 9.59 Å². The van der Waals surface area contributed by atoms with Crippen LogP contribution in [0.15, 0.2) is 48.5 Å². The summed E-state index contributed by atoms with van der Waals surface area (Å²) in [6.07, 6.45) is -0.0784. The fraction of sp³-hybridized carbons (Fsp3) is 0.292. The first-order chi connectivity index (χ1) is 16.0. The van der Waals surface area contributed by atoms with Crippen LogP contribution in [0.2, 0.25) is 0 Å². The summed E-state index contributed by atoms with van der Waals surface area (Å²) in [6.45, 7) is 2.60. The molecule has 0 bridgehead atoms. The Morgan fingerprint density at radius 1 is 1.18 bits per heavy atom. The summed E-state index contributed by atoms with van der Waals surface area (Å²) < 4.78 is 17.8. The third-order valence-corrected chi connectivity index (χ3v) is 5.30. The molecule has 172 valence electrons. The molecule has 33 heavy (non-hydrogen) atoms. The Labute approximate surface area is 191 Å². The third kappa shape index (κ3) is 4.54. The molecule has 2 aromatic carbocycles. The quantitative estimate of drug-likeness (QED) is 0.516. The first-order valence-corrected chi connectivity index (χ1v) is 10.6. The second-order valence-corrected chi connectivity index (χ2v) is 7.47. The van der Waals surface area contributed by atoms with Crippen LogP contribution in [0.5, 0.6) is 11.5 Å².